The molecule has 0 saturated heterocycles. The predicted octanol–water partition coefficient (Wildman–Crippen LogP) is 5.88. The minimum Gasteiger partial charge on any atom is -0.790 e. The van der Waals surface area contributed by atoms with Gasteiger partial charge in [-0.3, -0.25) is 42.1 Å². The summed E-state index contributed by atoms with van der Waals surface area (Å²) in [5.74, 6) is 0. The Morgan fingerprint density at radius 3 is 0.341 bits per heavy atom. The first kappa shape index (κ1) is 97.3. The second-order valence-corrected chi connectivity index (χ2v) is 15.2. The Morgan fingerprint density at radius 1 is 0.224 bits per heavy atom. The van der Waals surface area contributed by atoms with E-state index in [-0.39, 0.29) is 68.3 Å². The van der Waals surface area contributed by atoms with Gasteiger partial charge in [0, 0.05) is 0 Å². The first-order valence-electron chi connectivity index (χ1n) is 21.2. The van der Waals surface area contributed by atoms with Gasteiger partial charge in [-0.15, -0.1) is 97.1 Å². The molecule has 8 rings (SSSR count). The second-order valence-electron chi connectivity index (χ2n) is 12.7. The van der Waals surface area contributed by atoms with Crippen LogP contribution in [0.2, 0.25) is 0 Å². The standard InChI is InChI=1S/8C7H5O.4Fe.H4O7P2.4H2O2/c8*8-6-7-4-2-1-3-5-7;;;;;1-8(2,3)7-9(4,5)6;4*1-2/h8*1-5H;;;;;(H2,1,2,3)(H2,4,5,6);4*1-2H/q8*-1;4*+3;;;;;/p-4. The Kier molecular flexibility index (Phi) is 83.8. The largest absolute Gasteiger partial charge is 3.00 e. The molecule has 4 radical (unpaired) electrons. The van der Waals surface area contributed by atoms with Crippen LogP contribution in [0.25, 0.3) is 0 Å². The van der Waals surface area contributed by atoms with Gasteiger partial charge >= 0.3 is 68.3 Å². The molecule has 0 aromatic heterocycles. The van der Waals surface area contributed by atoms with Crippen LogP contribution >= 0.6 is 15.6 Å². The van der Waals surface area contributed by atoms with E-state index < -0.39 is 15.6 Å². The van der Waals surface area contributed by atoms with Crippen molar-refractivity contribution < 1.29 is 182 Å². The van der Waals surface area contributed by atoms with Crippen molar-refractivity contribution in [1.82, 2.24) is 0 Å². The molecule has 0 amide bonds. The van der Waals surface area contributed by atoms with Crippen LogP contribution in [0.4, 0.5) is 0 Å². The summed E-state index contributed by atoms with van der Waals surface area (Å²) in [5.41, 5.74) is 4.83. The van der Waals surface area contributed by atoms with Crippen molar-refractivity contribution >= 4 is 65.9 Å². The molecule has 0 heterocycles. The molecule has 0 aliphatic heterocycles. The third-order valence-electron chi connectivity index (χ3n) is 7.33. The van der Waals surface area contributed by atoms with Crippen molar-refractivity contribution in [2.75, 3.05) is 0 Å². The van der Waals surface area contributed by atoms with E-state index in [4.69, 9.17) is 42.1 Å². The van der Waals surface area contributed by atoms with Crippen LogP contribution in [0.3, 0.4) is 0 Å². The maximum Gasteiger partial charge on any atom is 3.00 e. The SMILES string of the molecule is O=P([O-])([O-])OP(=O)([O-])[O-].O=[C-]c1ccccc1.O=[C-]c1ccccc1.O=[C-]c1ccccc1.O=[C-]c1ccccc1.O=[C-]c1ccccc1.O=[C-]c1ccccc1.O=[C-]c1ccccc1.O=[C-]c1ccccc1.OO.OO.OO.OO.[Fe+3].[Fe+3].[Fe+3].[Fe+3]. The number of benzene rings is 8. The maximum absolute atomic E-state index is 9.88. The van der Waals surface area contributed by atoms with E-state index in [2.05, 4.69) is 4.31 Å². The van der Waals surface area contributed by atoms with Gasteiger partial charge in [0.1, 0.15) is 0 Å². The molecule has 0 bridgehead atoms. The van der Waals surface area contributed by atoms with Gasteiger partial charge in [0.15, 0.2) is 0 Å². The summed E-state index contributed by atoms with van der Waals surface area (Å²) in [6, 6.07) is 71.2. The molecule has 8 aromatic carbocycles. The van der Waals surface area contributed by atoms with Crippen molar-refractivity contribution in [3.05, 3.63) is 287 Å². The number of rotatable bonds is 10. The van der Waals surface area contributed by atoms with E-state index in [1.54, 1.807) is 244 Å². The first-order valence-corrected chi connectivity index (χ1v) is 24.1. The zero-order valence-electron chi connectivity index (χ0n) is 43.1. The minimum absolute atomic E-state index is 0. The number of carbonyl (C=O) groups excluding carboxylic acids is 8. The number of hydrogen-bond acceptors (Lipinski definition) is 23. The quantitative estimate of drug-likeness (QED) is 0.0261. The van der Waals surface area contributed by atoms with Crippen LogP contribution in [-0.4, -0.2) is 92.3 Å². The molecule has 452 valence electrons. The Bertz CT molecular complexity index is 2260. The van der Waals surface area contributed by atoms with Crippen molar-refractivity contribution in [3.8, 4) is 0 Å². The van der Waals surface area contributed by atoms with Crippen LogP contribution in [0.5, 0.6) is 0 Å². The second kappa shape index (κ2) is 73.2. The van der Waals surface area contributed by atoms with E-state index in [1.807, 2.05) is 48.5 Å². The van der Waals surface area contributed by atoms with Crippen LogP contribution in [-0.2, 0) is 120 Å². The first-order chi connectivity index (χ1) is 39.2. The predicted molar refractivity (Wildman–Crippen MR) is 287 cm³/mol. The monoisotopic (exact) mass is 1370 g/mol. The smallest absolute Gasteiger partial charge is 0.790 e. The maximum atomic E-state index is 9.88. The summed E-state index contributed by atoms with van der Waals surface area (Å²) < 4.78 is 21.2. The average Bonchev–Trinajstić information content (AvgIpc) is 3.55. The van der Waals surface area contributed by atoms with Gasteiger partial charge in [-0.1, -0.05) is 48.5 Å². The molecule has 29 heteroatoms. The summed E-state index contributed by atoms with van der Waals surface area (Å²) in [7, 11) is -11.4. The van der Waals surface area contributed by atoms with Gasteiger partial charge in [0.05, 0.1) is 65.9 Å². The third-order valence-corrected chi connectivity index (χ3v) is 8.93. The molecule has 0 aliphatic rings. The van der Waals surface area contributed by atoms with Gasteiger partial charge in [-0.05, 0) is 0 Å². The van der Waals surface area contributed by atoms with Crippen LogP contribution in [0, 0.1) is 0 Å². The molecule has 0 atom stereocenters. The summed E-state index contributed by atoms with van der Waals surface area (Å²) in [6.45, 7) is 0. The van der Waals surface area contributed by atoms with Gasteiger partial charge in [0.2, 0.25) is 0 Å². The summed E-state index contributed by atoms with van der Waals surface area (Å²) >= 11 is 0. The van der Waals surface area contributed by atoms with Gasteiger partial charge in [-0.2, -0.15) is 142 Å². The van der Waals surface area contributed by atoms with E-state index in [0.29, 0.717) is 44.5 Å². The molecule has 0 spiro atoms. The van der Waals surface area contributed by atoms with E-state index >= 15 is 0 Å². The zero-order chi connectivity index (χ0) is 62.3. The molecule has 23 nitrogen and oxygen atoms in total. The molecule has 0 aliphatic carbocycles. The van der Waals surface area contributed by atoms with Crippen molar-refractivity contribution in [1.29, 1.82) is 0 Å². The molecular formula is C56H48Fe4O23P2. The molecule has 8 N–H and O–H groups in total. The van der Waals surface area contributed by atoms with Gasteiger partial charge in [0.25, 0.3) is 0 Å². The van der Waals surface area contributed by atoms with Gasteiger partial charge in [-0.25, -0.2) is 0 Å². The number of hydrogen-bond donors (Lipinski definition) is 8. The average molecular weight is 1370 g/mol. The molecule has 0 saturated carbocycles. The normalized spacial score (nSPS) is 8.14. The van der Waals surface area contributed by atoms with Crippen molar-refractivity contribution in [2.45, 2.75) is 0 Å². The summed E-state index contributed by atoms with van der Waals surface area (Å²) in [6.07, 6.45) is 14.2. The molecule has 0 unspecified atom stereocenters. The summed E-state index contributed by atoms with van der Waals surface area (Å²) in [4.78, 5) is 116. The van der Waals surface area contributed by atoms with E-state index in [9.17, 15) is 67.1 Å². The zero-order valence-corrected chi connectivity index (χ0v) is 49.3. The number of phosphoric acid groups is 2. The Morgan fingerprint density at radius 2 is 0.306 bits per heavy atom. The topological polar surface area (TPSA) is 434 Å². The van der Waals surface area contributed by atoms with Crippen LogP contribution in [0.1, 0.15) is 44.5 Å². The van der Waals surface area contributed by atoms with Crippen LogP contribution in [0.15, 0.2) is 243 Å². The van der Waals surface area contributed by atoms with E-state index in [1.165, 1.54) is 0 Å². The Labute approximate surface area is 531 Å². The fourth-order valence-corrected chi connectivity index (χ4v) is 5.15. The summed E-state index contributed by atoms with van der Waals surface area (Å²) in [5, 5.41) is 48.0. The van der Waals surface area contributed by atoms with Gasteiger partial charge < -0.3 is 71.4 Å². The third kappa shape index (κ3) is 69.5. The minimum atomic E-state index is -5.68. The van der Waals surface area contributed by atoms with Crippen LogP contribution < -0.4 is 19.6 Å². The van der Waals surface area contributed by atoms with Crippen molar-refractivity contribution in [2.24, 2.45) is 0 Å². The van der Waals surface area contributed by atoms with Crippen molar-refractivity contribution in [3.63, 3.8) is 0 Å². The Balaban J connectivity index is -0.000000107. The fraction of sp³-hybridized carbons (Fsp3) is 0. The molecular weight excluding hydrogens is 1330 g/mol. The molecule has 8 aromatic rings. The molecule has 0 fully saturated rings. The fourth-order valence-electron chi connectivity index (χ4n) is 4.17. The van der Waals surface area contributed by atoms with E-state index in [0.717, 1.165) is 0 Å². The Hall–Kier alpha value is -6.86. The molecule has 85 heavy (non-hydrogen) atoms.